The Kier molecular flexibility index (Phi) is 4.24. The zero-order valence-electron chi connectivity index (χ0n) is 9.55. The molecule has 1 aromatic rings. The highest BCUT2D eigenvalue weighted by Crippen LogP contribution is 2.22. The summed E-state index contributed by atoms with van der Waals surface area (Å²) in [4.78, 5) is 21.7. The molecule has 0 spiro atoms. The highest BCUT2D eigenvalue weighted by Gasteiger charge is 2.17. The second-order valence-corrected chi connectivity index (χ2v) is 4.76. The van der Waals surface area contributed by atoms with E-state index in [1.807, 2.05) is 0 Å². The number of thiophene rings is 1. The van der Waals surface area contributed by atoms with Crippen molar-refractivity contribution in [3.63, 3.8) is 0 Å². The van der Waals surface area contributed by atoms with E-state index in [0.717, 1.165) is 17.9 Å². The lowest BCUT2D eigenvalue weighted by Crippen LogP contribution is -2.48. The summed E-state index contributed by atoms with van der Waals surface area (Å²) in [6.07, 6.45) is 0. The molecule has 2 heterocycles. The van der Waals surface area contributed by atoms with Crippen LogP contribution in [0.25, 0.3) is 0 Å². The number of nitrogens with zero attached hydrogens (tertiary/aromatic N) is 1. The van der Waals surface area contributed by atoms with Crippen molar-refractivity contribution in [1.82, 2.24) is 10.6 Å². The van der Waals surface area contributed by atoms with Gasteiger partial charge >= 0.3 is 5.00 Å². The highest BCUT2D eigenvalue weighted by molar-refractivity contribution is 7.13. The minimum Gasteiger partial charge on any atom is -0.378 e. The van der Waals surface area contributed by atoms with Crippen molar-refractivity contribution in [2.24, 2.45) is 0 Å². The molecule has 18 heavy (non-hydrogen) atoms. The molecule has 1 unspecified atom stereocenters. The Bertz CT molecular complexity index is 442. The zero-order valence-corrected chi connectivity index (χ0v) is 10.4. The minimum atomic E-state index is -0.502. The Morgan fingerprint density at radius 3 is 3.17 bits per heavy atom. The summed E-state index contributed by atoms with van der Waals surface area (Å²) in [7, 11) is 0. The van der Waals surface area contributed by atoms with Gasteiger partial charge in [0, 0.05) is 30.6 Å². The van der Waals surface area contributed by atoms with Crippen LogP contribution in [-0.4, -0.2) is 43.2 Å². The second kappa shape index (κ2) is 5.89. The van der Waals surface area contributed by atoms with E-state index in [0.29, 0.717) is 25.3 Å². The van der Waals surface area contributed by atoms with Gasteiger partial charge in [-0.3, -0.25) is 14.9 Å². The molecule has 2 rings (SSSR count). The van der Waals surface area contributed by atoms with E-state index in [9.17, 15) is 14.9 Å². The van der Waals surface area contributed by atoms with Crippen molar-refractivity contribution in [3.05, 3.63) is 27.1 Å². The standard InChI is InChI=1S/C10H13N3O4S/c14-10(7-3-9(13(15)16)18-6-7)12-4-8-5-17-2-1-11-8/h3,6,8,11H,1-2,4-5H2,(H,12,14). The lowest BCUT2D eigenvalue weighted by molar-refractivity contribution is -0.380. The van der Waals surface area contributed by atoms with Crippen molar-refractivity contribution in [2.75, 3.05) is 26.3 Å². The third kappa shape index (κ3) is 3.25. The molecule has 1 saturated heterocycles. The first-order chi connectivity index (χ1) is 8.66. The van der Waals surface area contributed by atoms with E-state index in [-0.39, 0.29) is 17.0 Å². The van der Waals surface area contributed by atoms with Crippen molar-refractivity contribution in [2.45, 2.75) is 6.04 Å². The number of carbonyl (C=O) groups excluding carboxylic acids is 1. The van der Waals surface area contributed by atoms with E-state index < -0.39 is 4.92 Å². The predicted molar refractivity (Wildman–Crippen MR) is 65.9 cm³/mol. The lowest BCUT2D eigenvalue weighted by atomic mass is 10.2. The fourth-order valence-corrected chi connectivity index (χ4v) is 2.31. The Hall–Kier alpha value is -1.51. The average Bonchev–Trinajstić information content (AvgIpc) is 2.87. The van der Waals surface area contributed by atoms with Gasteiger partial charge in [0.2, 0.25) is 0 Å². The van der Waals surface area contributed by atoms with Crippen LogP contribution >= 0.6 is 11.3 Å². The van der Waals surface area contributed by atoms with Crippen LogP contribution in [0, 0.1) is 10.1 Å². The quantitative estimate of drug-likeness (QED) is 0.609. The molecule has 2 N–H and O–H groups in total. The molecule has 1 aliphatic heterocycles. The van der Waals surface area contributed by atoms with E-state index in [1.165, 1.54) is 11.4 Å². The van der Waals surface area contributed by atoms with E-state index in [4.69, 9.17) is 4.74 Å². The van der Waals surface area contributed by atoms with Gasteiger partial charge in [-0.1, -0.05) is 11.3 Å². The SMILES string of the molecule is O=C(NCC1COCCN1)c1csc([N+](=O)[O-])c1. The summed E-state index contributed by atoms with van der Waals surface area (Å²) in [5.74, 6) is -0.299. The summed E-state index contributed by atoms with van der Waals surface area (Å²) in [5.41, 5.74) is 0.323. The Morgan fingerprint density at radius 2 is 2.56 bits per heavy atom. The molecule has 1 amide bonds. The smallest absolute Gasteiger partial charge is 0.324 e. The number of amides is 1. The van der Waals surface area contributed by atoms with Gasteiger partial charge < -0.3 is 15.4 Å². The van der Waals surface area contributed by atoms with Gasteiger partial charge in [-0.2, -0.15) is 0 Å². The molecule has 98 valence electrons. The van der Waals surface area contributed by atoms with Crippen LogP contribution in [0.5, 0.6) is 0 Å². The largest absolute Gasteiger partial charge is 0.378 e. The molecule has 0 aromatic carbocycles. The summed E-state index contributed by atoms with van der Waals surface area (Å²) in [6.45, 7) is 2.46. The number of hydrogen-bond acceptors (Lipinski definition) is 6. The van der Waals surface area contributed by atoms with Crippen LogP contribution in [0.1, 0.15) is 10.4 Å². The van der Waals surface area contributed by atoms with Crippen LogP contribution in [0.3, 0.4) is 0 Å². The monoisotopic (exact) mass is 271 g/mol. The molecule has 1 aliphatic rings. The maximum atomic E-state index is 11.7. The van der Waals surface area contributed by atoms with E-state index >= 15 is 0 Å². The average molecular weight is 271 g/mol. The number of nitro groups is 1. The molecule has 0 aliphatic carbocycles. The number of carbonyl (C=O) groups is 1. The van der Waals surface area contributed by atoms with Crippen molar-refractivity contribution in [3.8, 4) is 0 Å². The first-order valence-electron chi connectivity index (χ1n) is 5.49. The Labute approximate surface area is 107 Å². The van der Waals surface area contributed by atoms with E-state index in [2.05, 4.69) is 10.6 Å². The van der Waals surface area contributed by atoms with Crippen molar-refractivity contribution in [1.29, 1.82) is 0 Å². The molecule has 8 heteroatoms. The Morgan fingerprint density at radius 1 is 1.72 bits per heavy atom. The molecule has 1 aromatic heterocycles. The molecule has 7 nitrogen and oxygen atoms in total. The first kappa shape index (κ1) is 12.9. The molecule has 0 saturated carbocycles. The molecule has 1 fully saturated rings. The predicted octanol–water partition coefficient (Wildman–Crippen LogP) is 0.374. The molecule has 0 bridgehead atoms. The number of hydrogen-bond donors (Lipinski definition) is 2. The maximum Gasteiger partial charge on any atom is 0.324 e. The zero-order chi connectivity index (χ0) is 13.0. The van der Waals surface area contributed by atoms with Gasteiger partial charge in [-0.05, 0) is 0 Å². The van der Waals surface area contributed by atoms with Gasteiger partial charge in [0.05, 0.1) is 23.7 Å². The van der Waals surface area contributed by atoms with Crippen molar-refractivity contribution >= 4 is 22.2 Å². The first-order valence-corrected chi connectivity index (χ1v) is 6.37. The summed E-state index contributed by atoms with van der Waals surface area (Å²) in [5, 5.41) is 17.9. The summed E-state index contributed by atoms with van der Waals surface area (Å²) >= 11 is 0.947. The molecule has 0 radical (unpaired) electrons. The third-order valence-electron chi connectivity index (χ3n) is 2.54. The minimum absolute atomic E-state index is 0.0284. The van der Waals surface area contributed by atoms with Crippen molar-refractivity contribution < 1.29 is 14.5 Å². The molecular formula is C10H13N3O4S. The second-order valence-electron chi connectivity index (χ2n) is 3.87. The van der Waals surface area contributed by atoms with Crippen LogP contribution in [0.2, 0.25) is 0 Å². The van der Waals surface area contributed by atoms with Gasteiger partial charge in [0.1, 0.15) is 0 Å². The topological polar surface area (TPSA) is 93.5 Å². The van der Waals surface area contributed by atoms with Gasteiger partial charge in [-0.25, -0.2) is 0 Å². The van der Waals surface area contributed by atoms with Crippen LogP contribution in [0.4, 0.5) is 5.00 Å². The molecule has 1 atom stereocenters. The van der Waals surface area contributed by atoms with Gasteiger partial charge in [-0.15, -0.1) is 0 Å². The summed E-state index contributed by atoms with van der Waals surface area (Å²) < 4.78 is 5.25. The lowest BCUT2D eigenvalue weighted by Gasteiger charge is -2.23. The highest BCUT2D eigenvalue weighted by atomic mass is 32.1. The number of rotatable bonds is 4. The van der Waals surface area contributed by atoms with Crippen LogP contribution in [-0.2, 0) is 4.74 Å². The van der Waals surface area contributed by atoms with Gasteiger partial charge in [0.25, 0.3) is 5.91 Å². The molecular weight excluding hydrogens is 258 g/mol. The normalized spacial score (nSPS) is 19.4. The number of nitrogens with one attached hydrogen (secondary N) is 2. The Balaban J connectivity index is 1.84. The van der Waals surface area contributed by atoms with Crippen LogP contribution in [0.15, 0.2) is 11.4 Å². The van der Waals surface area contributed by atoms with E-state index in [1.54, 1.807) is 0 Å². The number of morpholine rings is 1. The maximum absolute atomic E-state index is 11.7. The third-order valence-corrected chi connectivity index (χ3v) is 3.42. The van der Waals surface area contributed by atoms with Crippen LogP contribution < -0.4 is 10.6 Å². The van der Waals surface area contributed by atoms with Gasteiger partial charge in [0.15, 0.2) is 0 Å². The number of ether oxygens (including phenoxy) is 1. The fourth-order valence-electron chi connectivity index (χ4n) is 1.61. The fraction of sp³-hybridized carbons (Fsp3) is 0.500. The summed E-state index contributed by atoms with van der Waals surface area (Å²) in [6, 6.07) is 1.38.